The molecule has 0 aromatic carbocycles. The fourth-order valence-electron chi connectivity index (χ4n) is 1.88. The summed E-state index contributed by atoms with van der Waals surface area (Å²) < 4.78 is 0. The van der Waals surface area contributed by atoms with E-state index >= 15 is 0 Å². The zero-order chi connectivity index (χ0) is 12.8. The molecule has 0 bridgehead atoms. The summed E-state index contributed by atoms with van der Waals surface area (Å²) in [6.07, 6.45) is 2.31. The van der Waals surface area contributed by atoms with Crippen molar-refractivity contribution in [3.8, 4) is 0 Å². The minimum atomic E-state index is 0.388. The molecule has 0 radical (unpaired) electrons. The second-order valence-electron chi connectivity index (χ2n) is 4.87. The average Bonchev–Trinajstić information content (AvgIpc) is 2.28. The number of rotatable bonds is 6. The van der Waals surface area contributed by atoms with Gasteiger partial charge in [-0.25, -0.2) is 9.97 Å². The molecule has 3 heteroatoms. The smallest absolute Gasteiger partial charge is 0.133 e. The van der Waals surface area contributed by atoms with Crippen molar-refractivity contribution in [2.75, 3.05) is 18.0 Å². The third-order valence-corrected chi connectivity index (χ3v) is 2.69. The van der Waals surface area contributed by atoms with Crippen LogP contribution >= 0.6 is 0 Å². The molecule has 1 heterocycles. The molecule has 0 spiro atoms. The Morgan fingerprint density at radius 3 is 2.18 bits per heavy atom. The zero-order valence-electron chi connectivity index (χ0n) is 11.8. The predicted molar refractivity (Wildman–Crippen MR) is 73.7 cm³/mol. The molecule has 0 N–H and O–H groups in total. The SMILES string of the molecule is CCCN(CCC)c1cc(C)nc(C(C)C)n1. The lowest BCUT2D eigenvalue weighted by Crippen LogP contribution is -2.26. The van der Waals surface area contributed by atoms with E-state index in [0.717, 1.165) is 43.3 Å². The van der Waals surface area contributed by atoms with Crippen LogP contribution in [0.1, 0.15) is 58.0 Å². The molecule has 0 saturated heterocycles. The fraction of sp³-hybridized carbons (Fsp3) is 0.714. The summed E-state index contributed by atoms with van der Waals surface area (Å²) in [7, 11) is 0. The highest BCUT2D eigenvalue weighted by atomic mass is 15.2. The van der Waals surface area contributed by atoms with Crippen LogP contribution in [0.5, 0.6) is 0 Å². The highest BCUT2D eigenvalue weighted by Gasteiger charge is 2.10. The van der Waals surface area contributed by atoms with Gasteiger partial charge >= 0.3 is 0 Å². The summed E-state index contributed by atoms with van der Waals surface area (Å²) in [5, 5.41) is 0. The maximum absolute atomic E-state index is 4.69. The van der Waals surface area contributed by atoms with Crippen LogP contribution in [0.3, 0.4) is 0 Å². The largest absolute Gasteiger partial charge is 0.357 e. The highest BCUT2D eigenvalue weighted by Crippen LogP contribution is 2.17. The van der Waals surface area contributed by atoms with Crippen molar-refractivity contribution in [3.63, 3.8) is 0 Å². The molecule has 96 valence electrons. The Balaban J connectivity index is 3.00. The Kier molecular flexibility index (Phi) is 5.39. The molecule has 0 saturated carbocycles. The zero-order valence-corrected chi connectivity index (χ0v) is 11.8. The quantitative estimate of drug-likeness (QED) is 0.755. The van der Waals surface area contributed by atoms with Gasteiger partial charge in [0.25, 0.3) is 0 Å². The lowest BCUT2D eigenvalue weighted by atomic mass is 10.2. The van der Waals surface area contributed by atoms with E-state index in [0.29, 0.717) is 5.92 Å². The molecule has 0 unspecified atom stereocenters. The summed E-state index contributed by atoms with van der Waals surface area (Å²) in [4.78, 5) is 11.5. The summed E-state index contributed by atoms with van der Waals surface area (Å²) >= 11 is 0. The molecular formula is C14H25N3. The van der Waals surface area contributed by atoms with Gasteiger partial charge in [0.2, 0.25) is 0 Å². The number of nitrogens with zero attached hydrogens (tertiary/aromatic N) is 3. The third kappa shape index (κ3) is 3.99. The molecule has 0 aliphatic carbocycles. The molecular weight excluding hydrogens is 210 g/mol. The van der Waals surface area contributed by atoms with Crippen LogP contribution < -0.4 is 4.90 Å². The standard InChI is InChI=1S/C14H25N3/c1-6-8-17(9-7-2)13-10-12(5)15-14(16-13)11(3)4/h10-11H,6-9H2,1-5H3. The molecule has 3 nitrogen and oxygen atoms in total. The van der Waals surface area contributed by atoms with E-state index in [1.807, 2.05) is 6.92 Å². The summed E-state index contributed by atoms with van der Waals surface area (Å²) in [6.45, 7) is 12.9. The van der Waals surface area contributed by atoms with Crippen LogP contribution in [0.2, 0.25) is 0 Å². The lowest BCUT2D eigenvalue weighted by molar-refractivity contribution is 0.710. The predicted octanol–water partition coefficient (Wildman–Crippen LogP) is 3.53. The van der Waals surface area contributed by atoms with E-state index in [4.69, 9.17) is 0 Å². The Morgan fingerprint density at radius 1 is 1.12 bits per heavy atom. The van der Waals surface area contributed by atoms with Gasteiger partial charge in [-0.1, -0.05) is 27.7 Å². The second kappa shape index (κ2) is 6.58. The van der Waals surface area contributed by atoms with Crippen LogP contribution in [0, 0.1) is 6.92 Å². The fourth-order valence-corrected chi connectivity index (χ4v) is 1.88. The number of aromatic nitrogens is 2. The average molecular weight is 235 g/mol. The Bertz CT molecular complexity index is 341. The summed E-state index contributed by atoms with van der Waals surface area (Å²) in [5.74, 6) is 2.43. The maximum Gasteiger partial charge on any atom is 0.133 e. The van der Waals surface area contributed by atoms with Gasteiger partial charge in [-0.2, -0.15) is 0 Å². The summed E-state index contributed by atoms with van der Waals surface area (Å²) in [6, 6.07) is 2.09. The Morgan fingerprint density at radius 2 is 1.71 bits per heavy atom. The van der Waals surface area contributed by atoms with Crippen molar-refractivity contribution in [2.24, 2.45) is 0 Å². The molecule has 0 fully saturated rings. The van der Waals surface area contributed by atoms with Crippen molar-refractivity contribution in [1.82, 2.24) is 9.97 Å². The van der Waals surface area contributed by atoms with Crippen molar-refractivity contribution in [3.05, 3.63) is 17.6 Å². The summed E-state index contributed by atoms with van der Waals surface area (Å²) in [5.41, 5.74) is 1.07. The van der Waals surface area contributed by atoms with Crippen LogP contribution in [-0.2, 0) is 0 Å². The van der Waals surface area contributed by atoms with E-state index in [2.05, 4.69) is 48.6 Å². The number of anilines is 1. The first-order valence-electron chi connectivity index (χ1n) is 6.69. The monoisotopic (exact) mass is 235 g/mol. The Labute approximate surface area is 105 Å². The topological polar surface area (TPSA) is 29.0 Å². The van der Waals surface area contributed by atoms with Crippen LogP contribution in [0.4, 0.5) is 5.82 Å². The first-order valence-corrected chi connectivity index (χ1v) is 6.69. The van der Waals surface area contributed by atoms with Gasteiger partial charge in [0.15, 0.2) is 0 Å². The van der Waals surface area contributed by atoms with Gasteiger partial charge in [0, 0.05) is 30.8 Å². The van der Waals surface area contributed by atoms with E-state index in [1.165, 1.54) is 0 Å². The van der Waals surface area contributed by atoms with E-state index in [-0.39, 0.29) is 0 Å². The van der Waals surface area contributed by atoms with Gasteiger partial charge in [0.05, 0.1) is 0 Å². The molecule has 0 aliphatic heterocycles. The van der Waals surface area contributed by atoms with Gasteiger partial charge in [-0.3, -0.25) is 0 Å². The van der Waals surface area contributed by atoms with Crippen LogP contribution in [-0.4, -0.2) is 23.1 Å². The number of aryl methyl sites for hydroxylation is 1. The molecule has 1 aromatic rings. The van der Waals surface area contributed by atoms with E-state index in [9.17, 15) is 0 Å². The first-order chi connectivity index (χ1) is 8.08. The molecule has 1 rings (SSSR count). The molecule has 0 aliphatic rings. The molecule has 0 amide bonds. The van der Waals surface area contributed by atoms with Crippen molar-refractivity contribution >= 4 is 5.82 Å². The van der Waals surface area contributed by atoms with Gasteiger partial charge in [0.1, 0.15) is 11.6 Å². The third-order valence-electron chi connectivity index (χ3n) is 2.69. The minimum Gasteiger partial charge on any atom is -0.357 e. The minimum absolute atomic E-state index is 0.388. The normalized spacial score (nSPS) is 10.9. The van der Waals surface area contributed by atoms with E-state index < -0.39 is 0 Å². The number of hydrogen-bond acceptors (Lipinski definition) is 3. The van der Waals surface area contributed by atoms with Gasteiger partial charge in [-0.15, -0.1) is 0 Å². The van der Waals surface area contributed by atoms with Crippen molar-refractivity contribution in [1.29, 1.82) is 0 Å². The van der Waals surface area contributed by atoms with E-state index in [1.54, 1.807) is 0 Å². The van der Waals surface area contributed by atoms with Crippen molar-refractivity contribution in [2.45, 2.75) is 53.4 Å². The lowest BCUT2D eigenvalue weighted by Gasteiger charge is -2.23. The van der Waals surface area contributed by atoms with Crippen LogP contribution in [0.15, 0.2) is 6.07 Å². The maximum atomic E-state index is 4.69. The first kappa shape index (κ1) is 13.9. The molecule has 1 aromatic heterocycles. The van der Waals surface area contributed by atoms with Crippen LogP contribution in [0.25, 0.3) is 0 Å². The highest BCUT2D eigenvalue weighted by molar-refractivity contribution is 5.39. The second-order valence-corrected chi connectivity index (χ2v) is 4.87. The van der Waals surface area contributed by atoms with Gasteiger partial charge in [-0.05, 0) is 19.8 Å². The Hall–Kier alpha value is -1.12. The molecule has 17 heavy (non-hydrogen) atoms. The van der Waals surface area contributed by atoms with Gasteiger partial charge < -0.3 is 4.90 Å². The molecule has 0 atom stereocenters. The van der Waals surface area contributed by atoms with Crippen molar-refractivity contribution < 1.29 is 0 Å². The number of hydrogen-bond donors (Lipinski definition) is 0.